The minimum Gasteiger partial charge on any atom is -0.484 e. The van der Waals surface area contributed by atoms with E-state index >= 15 is 0 Å². The highest BCUT2D eigenvalue weighted by molar-refractivity contribution is 5.78. The monoisotopic (exact) mass is 436 g/mol. The molecule has 7 heteroatoms. The summed E-state index contributed by atoms with van der Waals surface area (Å²) in [5.41, 5.74) is 0.925. The summed E-state index contributed by atoms with van der Waals surface area (Å²) in [7, 11) is 0. The lowest BCUT2D eigenvalue weighted by Crippen LogP contribution is -2.71. The maximum absolute atomic E-state index is 12.9. The molecule has 2 saturated heterocycles. The second-order valence-electron chi connectivity index (χ2n) is 9.13. The van der Waals surface area contributed by atoms with Crippen molar-refractivity contribution in [1.82, 2.24) is 20.0 Å². The molecule has 2 fully saturated rings. The van der Waals surface area contributed by atoms with Gasteiger partial charge in [0, 0.05) is 50.8 Å². The Hall–Kier alpha value is -3.06. The summed E-state index contributed by atoms with van der Waals surface area (Å²) >= 11 is 0. The fraction of sp³-hybridized carbons (Fsp3) is 0.440. The van der Waals surface area contributed by atoms with Crippen molar-refractivity contribution < 1.29 is 14.3 Å². The van der Waals surface area contributed by atoms with Crippen molar-refractivity contribution in [2.24, 2.45) is 0 Å². The van der Waals surface area contributed by atoms with E-state index in [-0.39, 0.29) is 30.1 Å². The average molecular weight is 437 g/mol. The van der Waals surface area contributed by atoms with Gasteiger partial charge in [-0.25, -0.2) is 4.79 Å². The fourth-order valence-electron chi connectivity index (χ4n) is 4.70. The Bertz CT molecular complexity index is 917. The van der Waals surface area contributed by atoms with Crippen molar-refractivity contribution in [2.75, 3.05) is 39.3 Å². The number of fused-ring (bicyclic) bond motifs is 1. The van der Waals surface area contributed by atoms with Gasteiger partial charge in [-0.2, -0.15) is 0 Å². The molecule has 1 atom stereocenters. The lowest BCUT2D eigenvalue weighted by molar-refractivity contribution is -0.140. The molecule has 2 aromatic carbocycles. The number of rotatable bonds is 5. The molecule has 0 aromatic heterocycles. The molecule has 2 heterocycles. The molecule has 0 bridgehead atoms. The number of carbonyl (C=O) groups excluding carboxylic acids is 2. The van der Waals surface area contributed by atoms with Crippen LogP contribution in [0.1, 0.15) is 19.4 Å². The van der Waals surface area contributed by atoms with Crippen LogP contribution in [0.5, 0.6) is 5.75 Å². The van der Waals surface area contributed by atoms with E-state index in [1.807, 2.05) is 70.5 Å². The molecule has 170 valence electrons. The van der Waals surface area contributed by atoms with E-state index < -0.39 is 0 Å². The predicted octanol–water partition coefficient (Wildman–Crippen LogP) is 2.58. The molecular formula is C25H32N4O3. The van der Waals surface area contributed by atoms with Crippen LogP contribution in [-0.4, -0.2) is 77.5 Å². The molecular weight excluding hydrogens is 404 g/mol. The standard InChI is InChI=1S/C25H32N4O3/c1-25(2)19-28(24(31)26-15-20-9-5-3-6-10-20)17-21-16-27(13-14-29(21)25)23(30)18-32-22-11-7-4-8-12-22/h3-12,21H,13-19H2,1-2H3,(H,26,31)/t21-/m0/s1. The number of carbonyl (C=O) groups is 2. The number of nitrogens with one attached hydrogen (secondary N) is 1. The third kappa shape index (κ3) is 5.22. The van der Waals surface area contributed by atoms with Crippen molar-refractivity contribution in [3.05, 3.63) is 66.2 Å². The van der Waals surface area contributed by atoms with E-state index in [2.05, 4.69) is 24.1 Å². The topological polar surface area (TPSA) is 65.1 Å². The number of amides is 3. The van der Waals surface area contributed by atoms with Crippen molar-refractivity contribution in [1.29, 1.82) is 0 Å². The van der Waals surface area contributed by atoms with Gasteiger partial charge in [-0.1, -0.05) is 48.5 Å². The van der Waals surface area contributed by atoms with E-state index in [0.717, 1.165) is 12.1 Å². The number of piperazine rings is 2. The summed E-state index contributed by atoms with van der Waals surface area (Å²) < 4.78 is 5.65. The zero-order chi connectivity index (χ0) is 22.6. The Kier molecular flexibility index (Phi) is 6.65. The molecule has 7 nitrogen and oxygen atoms in total. The number of ether oxygens (including phenoxy) is 1. The van der Waals surface area contributed by atoms with Crippen molar-refractivity contribution in [3.63, 3.8) is 0 Å². The first-order valence-electron chi connectivity index (χ1n) is 11.2. The van der Waals surface area contributed by atoms with Gasteiger partial charge in [0.1, 0.15) is 5.75 Å². The summed E-state index contributed by atoms with van der Waals surface area (Å²) in [6.07, 6.45) is 0. The highest BCUT2D eigenvalue weighted by Gasteiger charge is 2.44. The zero-order valence-electron chi connectivity index (χ0n) is 18.9. The van der Waals surface area contributed by atoms with Gasteiger partial charge in [0.05, 0.1) is 0 Å². The molecule has 0 unspecified atom stereocenters. The molecule has 2 aliphatic rings. The van der Waals surface area contributed by atoms with Gasteiger partial charge in [-0.15, -0.1) is 0 Å². The molecule has 3 amide bonds. The molecule has 2 aromatic rings. The molecule has 0 spiro atoms. The van der Waals surface area contributed by atoms with Crippen LogP contribution in [0, 0.1) is 0 Å². The number of nitrogens with zero attached hydrogens (tertiary/aromatic N) is 3. The van der Waals surface area contributed by atoms with E-state index in [1.54, 1.807) is 0 Å². The Labute approximate surface area is 189 Å². The largest absolute Gasteiger partial charge is 0.484 e. The number of urea groups is 1. The van der Waals surface area contributed by atoms with Crippen LogP contribution in [0.4, 0.5) is 4.79 Å². The first kappa shape index (κ1) is 22.1. The van der Waals surface area contributed by atoms with Gasteiger partial charge in [-0.05, 0) is 31.5 Å². The van der Waals surface area contributed by atoms with Crippen LogP contribution in [-0.2, 0) is 11.3 Å². The summed E-state index contributed by atoms with van der Waals surface area (Å²) in [4.78, 5) is 31.9. The summed E-state index contributed by atoms with van der Waals surface area (Å²) in [6.45, 7) is 8.23. The van der Waals surface area contributed by atoms with Crippen LogP contribution in [0.15, 0.2) is 60.7 Å². The van der Waals surface area contributed by atoms with Gasteiger partial charge < -0.3 is 19.9 Å². The number of benzene rings is 2. The molecule has 32 heavy (non-hydrogen) atoms. The highest BCUT2D eigenvalue weighted by atomic mass is 16.5. The Morgan fingerprint density at radius 2 is 1.62 bits per heavy atom. The van der Waals surface area contributed by atoms with Gasteiger partial charge in [0.25, 0.3) is 5.91 Å². The average Bonchev–Trinajstić information content (AvgIpc) is 2.81. The second kappa shape index (κ2) is 9.61. The zero-order valence-corrected chi connectivity index (χ0v) is 18.9. The van der Waals surface area contributed by atoms with Crippen LogP contribution >= 0.6 is 0 Å². The molecule has 1 N–H and O–H groups in total. The van der Waals surface area contributed by atoms with Crippen molar-refractivity contribution >= 4 is 11.9 Å². The molecule has 2 aliphatic heterocycles. The maximum Gasteiger partial charge on any atom is 0.317 e. The van der Waals surface area contributed by atoms with Crippen LogP contribution < -0.4 is 10.1 Å². The van der Waals surface area contributed by atoms with E-state index in [0.29, 0.717) is 38.5 Å². The van der Waals surface area contributed by atoms with Gasteiger partial charge in [0.15, 0.2) is 6.61 Å². The lowest BCUT2D eigenvalue weighted by atomic mass is 9.93. The number of para-hydroxylation sites is 1. The molecule has 4 rings (SSSR count). The van der Waals surface area contributed by atoms with E-state index in [4.69, 9.17) is 4.74 Å². The van der Waals surface area contributed by atoms with Crippen molar-refractivity contribution in [3.8, 4) is 5.75 Å². The SMILES string of the molecule is CC1(C)CN(C(=O)NCc2ccccc2)C[C@@H]2CN(C(=O)COc3ccccc3)CCN21. The minimum atomic E-state index is -0.150. The molecule has 0 aliphatic carbocycles. The van der Waals surface area contributed by atoms with E-state index in [1.165, 1.54) is 0 Å². The third-order valence-electron chi connectivity index (χ3n) is 6.30. The number of hydrogen-bond donors (Lipinski definition) is 1. The molecule has 0 radical (unpaired) electrons. The maximum atomic E-state index is 12.9. The Balaban J connectivity index is 1.34. The summed E-state index contributed by atoms with van der Waals surface area (Å²) in [6, 6.07) is 19.4. The normalized spacial score (nSPS) is 20.4. The van der Waals surface area contributed by atoms with Crippen molar-refractivity contribution in [2.45, 2.75) is 32.0 Å². The first-order chi connectivity index (χ1) is 15.4. The fourth-order valence-corrected chi connectivity index (χ4v) is 4.70. The lowest BCUT2D eigenvalue weighted by Gasteiger charge is -2.55. The van der Waals surface area contributed by atoms with Gasteiger partial charge >= 0.3 is 6.03 Å². The Morgan fingerprint density at radius 3 is 2.34 bits per heavy atom. The highest BCUT2D eigenvalue weighted by Crippen LogP contribution is 2.28. The number of hydrogen-bond acceptors (Lipinski definition) is 4. The van der Waals surface area contributed by atoms with E-state index in [9.17, 15) is 9.59 Å². The van der Waals surface area contributed by atoms with Crippen LogP contribution in [0.3, 0.4) is 0 Å². The van der Waals surface area contributed by atoms with Crippen LogP contribution in [0.25, 0.3) is 0 Å². The second-order valence-corrected chi connectivity index (χ2v) is 9.13. The van der Waals surface area contributed by atoms with Gasteiger partial charge in [-0.3, -0.25) is 9.69 Å². The Morgan fingerprint density at radius 1 is 0.969 bits per heavy atom. The van der Waals surface area contributed by atoms with Gasteiger partial charge in [0.2, 0.25) is 0 Å². The minimum absolute atomic E-state index is 0.0167. The quantitative estimate of drug-likeness (QED) is 0.783. The summed E-state index contributed by atoms with van der Waals surface area (Å²) in [5.74, 6) is 0.677. The predicted molar refractivity (Wildman–Crippen MR) is 123 cm³/mol. The summed E-state index contributed by atoms with van der Waals surface area (Å²) in [5, 5.41) is 3.04. The van der Waals surface area contributed by atoms with Crippen LogP contribution in [0.2, 0.25) is 0 Å². The first-order valence-corrected chi connectivity index (χ1v) is 11.2. The third-order valence-corrected chi connectivity index (χ3v) is 6.30. The smallest absolute Gasteiger partial charge is 0.317 e. The molecule has 0 saturated carbocycles.